The summed E-state index contributed by atoms with van der Waals surface area (Å²) < 4.78 is 9.00. The molecule has 3 heteroatoms. The monoisotopic (exact) mass is 704 g/mol. The maximum absolute atomic E-state index is 6.74. The number of fused-ring (bicyclic) bond motifs is 15. The average molecular weight is 705 g/mol. The Morgan fingerprint density at radius 1 is 0.673 bits per heavy atom. The molecule has 260 valence electrons. The third-order valence-electron chi connectivity index (χ3n) is 11.8. The molecule has 2 aromatic heterocycles. The first kappa shape index (κ1) is 31.5. The van der Waals surface area contributed by atoms with E-state index in [9.17, 15) is 0 Å². The standard InChI is InChI=1S/C52H36N2O/c1-4-6-14-33(5-2)51-53-45-20-10-11-21-46(45)54(51)35-26-24-34(25-27-35)36-17-13-19-43-48(36)40-31-32(3)23-29-42(40)52(43)41-18-9-7-16-39(41)49-44(52)30-28-38-37-15-8-12-22-47(37)55-50(38)49/h4-31H,1H2,2-3H3. The van der Waals surface area contributed by atoms with Crippen LogP contribution in [0.4, 0.5) is 0 Å². The lowest BCUT2D eigenvalue weighted by Crippen LogP contribution is -2.25. The highest BCUT2D eigenvalue weighted by Crippen LogP contribution is 2.65. The van der Waals surface area contributed by atoms with Gasteiger partial charge in [-0.05, 0) is 94.3 Å². The zero-order chi connectivity index (χ0) is 36.8. The number of benzene rings is 7. The summed E-state index contributed by atoms with van der Waals surface area (Å²) in [6.07, 6.45) is 7.94. The number of hydrogen-bond donors (Lipinski definition) is 0. The molecular weight excluding hydrogens is 669 g/mol. The molecule has 1 spiro atoms. The highest BCUT2D eigenvalue weighted by molar-refractivity contribution is 6.13. The largest absolute Gasteiger partial charge is 0.455 e. The van der Waals surface area contributed by atoms with Crippen LogP contribution in [0.5, 0.6) is 0 Å². The Labute approximate surface area is 319 Å². The maximum Gasteiger partial charge on any atom is 0.145 e. The number of aryl methyl sites for hydroxylation is 1. The van der Waals surface area contributed by atoms with Crippen LogP contribution in [0.3, 0.4) is 0 Å². The second-order valence-corrected chi connectivity index (χ2v) is 14.7. The molecule has 2 heterocycles. The number of allylic oxidation sites excluding steroid dienone is 5. The van der Waals surface area contributed by atoms with Crippen molar-refractivity contribution in [3.05, 3.63) is 210 Å². The molecule has 1 unspecified atom stereocenters. The molecule has 11 rings (SSSR count). The van der Waals surface area contributed by atoms with Gasteiger partial charge in [-0.1, -0.05) is 152 Å². The maximum atomic E-state index is 6.74. The molecule has 0 aliphatic heterocycles. The number of imidazole rings is 1. The third kappa shape index (κ3) is 4.24. The first-order valence-corrected chi connectivity index (χ1v) is 19.0. The van der Waals surface area contributed by atoms with Crippen LogP contribution in [-0.4, -0.2) is 9.55 Å². The second kappa shape index (κ2) is 11.8. The minimum Gasteiger partial charge on any atom is -0.455 e. The van der Waals surface area contributed by atoms with E-state index in [1.807, 2.05) is 12.1 Å². The van der Waals surface area contributed by atoms with Crippen LogP contribution in [0.2, 0.25) is 0 Å². The molecule has 0 saturated heterocycles. The molecule has 2 aliphatic carbocycles. The van der Waals surface area contributed by atoms with Crippen LogP contribution in [0, 0.1) is 6.92 Å². The summed E-state index contributed by atoms with van der Waals surface area (Å²) in [5, 5.41) is 2.31. The Morgan fingerprint density at radius 2 is 1.40 bits per heavy atom. The number of para-hydroxylation sites is 3. The van der Waals surface area contributed by atoms with Crippen LogP contribution in [0.1, 0.15) is 40.6 Å². The molecule has 1 atom stereocenters. The fourth-order valence-electron chi connectivity index (χ4n) is 9.60. The van der Waals surface area contributed by atoms with Crippen LogP contribution >= 0.6 is 0 Å². The topological polar surface area (TPSA) is 31.0 Å². The molecule has 9 aromatic rings. The SMILES string of the molecule is C=CC=CC(=CC)c1nc2ccccc2n1-c1ccc(-c2cccc3c2-c2cc(C)ccc2C32c3ccccc3-c3c2ccc2c3oc3ccccc32)cc1. The average Bonchev–Trinajstić information content (AvgIpc) is 3.96. The number of furan rings is 1. The Kier molecular flexibility index (Phi) is 6.75. The summed E-state index contributed by atoms with van der Waals surface area (Å²) in [6.45, 7) is 8.14. The lowest BCUT2D eigenvalue weighted by Gasteiger charge is -2.30. The van der Waals surface area contributed by atoms with Gasteiger partial charge in [-0.3, -0.25) is 4.57 Å². The summed E-state index contributed by atoms with van der Waals surface area (Å²) in [7, 11) is 0. The minimum absolute atomic E-state index is 0.486. The summed E-state index contributed by atoms with van der Waals surface area (Å²) in [5.74, 6) is 0.902. The van der Waals surface area contributed by atoms with Crippen molar-refractivity contribution in [2.45, 2.75) is 19.3 Å². The molecule has 0 radical (unpaired) electrons. The normalized spacial score (nSPS) is 15.6. The number of nitrogens with zero attached hydrogens (tertiary/aromatic N) is 2. The van der Waals surface area contributed by atoms with Crippen molar-refractivity contribution in [3.8, 4) is 39.1 Å². The van der Waals surface area contributed by atoms with E-state index >= 15 is 0 Å². The van der Waals surface area contributed by atoms with Crippen molar-refractivity contribution in [1.29, 1.82) is 0 Å². The van der Waals surface area contributed by atoms with Gasteiger partial charge < -0.3 is 4.42 Å². The van der Waals surface area contributed by atoms with Crippen molar-refractivity contribution in [2.24, 2.45) is 0 Å². The Bertz CT molecular complexity index is 3130. The van der Waals surface area contributed by atoms with Crippen LogP contribution in [0.15, 0.2) is 181 Å². The number of rotatable bonds is 5. The van der Waals surface area contributed by atoms with Gasteiger partial charge in [0.1, 0.15) is 17.0 Å². The van der Waals surface area contributed by atoms with Crippen molar-refractivity contribution in [3.63, 3.8) is 0 Å². The first-order valence-electron chi connectivity index (χ1n) is 19.0. The Morgan fingerprint density at radius 3 is 2.27 bits per heavy atom. The molecule has 3 nitrogen and oxygen atoms in total. The van der Waals surface area contributed by atoms with Crippen LogP contribution < -0.4 is 0 Å². The molecule has 0 saturated carbocycles. The molecule has 0 fully saturated rings. The van der Waals surface area contributed by atoms with E-state index in [-0.39, 0.29) is 0 Å². The Hall–Kier alpha value is -6.97. The van der Waals surface area contributed by atoms with E-state index in [0.29, 0.717) is 0 Å². The van der Waals surface area contributed by atoms with Gasteiger partial charge in [0.25, 0.3) is 0 Å². The molecule has 55 heavy (non-hydrogen) atoms. The van der Waals surface area contributed by atoms with E-state index in [2.05, 4.69) is 177 Å². The van der Waals surface area contributed by atoms with Crippen molar-refractivity contribution in [1.82, 2.24) is 9.55 Å². The van der Waals surface area contributed by atoms with Gasteiger partial charge >= 0.3 is 0 Å². The molecule has 7 aromatic carbocycles. The van der Waals surface area contributed by atoms with Gasteiger partial charge in [-0.2, -0.15) is 0 Å². The predicted molar refractivity (Wildman–Crippen MR) is 228 cm³/mol. The van der Waals surface area contributed by atoms with E-state index in [1.165, 1.54) is 61.2 Å². The van der Waals surface area contributed by atoms with Gasteiger partial charge in [-0.15, -0.1) is 0 Å². The van der Waals surface area contributed by atoms with E-state index < -0.39 is 5.41 Å². The predicted octanol–water partition coefficient (Wildman–Crippen LogP) is 13.4. The van der Waals surface area contributed by atoms with Gasteiger partial charge in [0.15, 0.2) is 0 Å². The lowest BCUT2D eigenvalue weighted by molar-refractivity contribution is 0.669. The van der Waals surface area contributed by atoms with Crippen LogP contribution in [-0.2, 0) is 5.41 Å². The highest BCUT2D eigenvalue weighted by atomic mass is 16.3. The summed E-state index contributed by atoms with van der Waals surface area (Å²) >= 11 is 0. The van der Waals surface area contributed by atoms with Crippen molar-refractivity contribution < 1.29 is 4.42 Å². The van der Waals surface area contributed by atoms with Gasteiger partial charge in [0.2, 0.25) is 0 Å². The molecule has 2 aliphatic rings. The molecular formula is C52H36N2O. The van der Waals surface area contributed by atoms with E-state index in [4.69, 9.17) is 9.40 Å². The summed E-state index contributed by atoms with van der Waals surface area (Å²) in [5.41, 5.74) is 19.4. The fourth-order valence-corrected chi connectivity index (χ4v) is 9.60. The zero-order valence-electron chi connectivity index (χ0n) is 30.7. The van der Waals surface area contributed by atoms with Gasteiger partial charge in [0.05, 0.1) is 16.4 Å². The van der Waals surface area contributed by atoms with Gasteiger partial charge in [-0.25, -0.2) is 4.98 Å². The molecule has 0 amide bonds. The smallest absolute Gasteiger partial charge is 0.145 e. The first-order chi connectivity index (χ1) is 27.1. The zero-order valence-corrected chi connectivity index (χ0v) is 30.7. The summed E-state index contributed by atoms with van der Waals surface area (Å²) in [6, 6.07) is 53.3. The Balaban J connectivity index is 1.14. The molecule has 0 bridgehead atoms. The van der Waals surface area contributed by atoms with E-state index in [1.54, 1.807) is 6.08 Å². The van der Waals surface area contributed by atoms with E-state index in [0.717, 1.165) is 50.1 Å². The quantitative estimate of drug-likeness (QED) is 0.167. The third-order valence-corrected chi connectivity index (χ3v) is 11.8. The molecule has 0 N–H and O–H groups in total. The van der Waals surface area contributed by atoms with Crippen molar-refractivity contribution >= 4 is 38.5 Å². The number of hydrogen-bond acceptors (Lipinski definition) is 2. The lowest BCUT2D eigenvalue weighted by atomic mass is 9.70. The second-order valence-electron chi connectivity index (χ2n) is 14.7. The van der Waals surface area contributed by atoms with Gasteiger partial charge in [0, 0.05) is 27.6 Å². The highest BCUT2D eigenvalue weighted by Gasteiger charge is 2.53. The van der Waals surface area contributed by atoms with Crippen molar-refractivity contribution in [2.75, 3.05) is 0 Å². The summed E-state index contributed by atoms with van der Waals surface area (Å²) in [4.78, 5) is 5.09. The van der Waals surface area contributed by atoms with Crippen LogP contribution in [0.25, 0.3) is 77.6 Å². The fraction of sp³-hybridized carbons (Fsp3) is 0.0577. The number of aromatic nitrogens is 2. The minimum atomic E-state index is -0.486.